The van der Waals surface area contributed by atoms with E-state index in [1.807, 2.05) is 6.92 Å². The van der Waals surface area contributed by atoms with Crippen molar-refractivity contribution in [2.45, 2.75) is 19.3 Å². The van der Waals surface area contributed by atoms with E-state index in [0.29, 0.717) is 40.1 Å². The van der Waals surface area contributed by atoms with Crippen molar-refractivity contribution >= 4 is 23.0 Å². The Morgan fingerprint density at radius 1 is 1.33 bits per heavy atom. The first-order valence-electron chi connectivity index (χ1n) is 11.0. The highest BCUT2D eigenvalue weighted by Crippen LogP contribution is 2.39. The molecule has 5 rings (SSSR count). The lowest BCUT2D eigenvalue weighted by atomic mass is 9.95. The number of carbonyl (C=O) groups excluding carboxylic acids is 2. The maximum atomic E-state index is 13.6. The van der Waals surface area contributed by atoms with Gasteiger partial charge < -0.3 is 15.4 Å². The van der Waals surface area contributed by atoms with Gasteiger partial charge in [-0.05, 0) is 43.1 Å². The Balaban J connectivity index is 1.36. The summed E-state index contributed by atoms with van der Waals surface area (Å²) in [6.45, 7) is 6.64. The first kappa shape index (κ1) is 21.5. The molecular weight excluding hydrogens is 427 g/mol. The first-order valence-corrected chi connectivity index (χ1v) is 11.0. The van der Waals surface area contributed by atoms with Gasteiger partial charge in [-0.1, -0.05) is 6.07 Å². The van der Waals surface area contributed by atoms with Gasteiger partial charge in [0, 0.05) is 31.5 Å². The van der Waals surface area contributed by atoms with E-state index in [1.54, 1.807) is 16.8 Å². The van der Waals surface area contributed by atoms with Gasteiger partial charge in [0.25, 0.3) is 5.91 Å². The Morgan fingerprint density at radius 3 is 2.97 bits per heavy atom. The third-order valence-electron chi connectivity index (χ3n) is 6.26. The zero-order chi connectivity index (χ0) is 22.9. The monoisotopic (exact) mass is 452 g/mol. The number of amides is 2. The van der Waals surface area contributed by atoms with Gasteiger partial charge in [-0.25, -0.2) is 13.9 Å². The van der Waals surface area contributed by atoms with Gasteiger partial charge in [0.1, 0.15) is 18.1 Å². The largest absolute Gasteiger partial charge is 0.379 e. The van der Waals surface area contributed by atoms with Crippen molar-refractivity contribution in [2.75, 3.05) is 44.7 Å². The van der Waals surface area contributed by atoms with Crippen LogP contribution in [0.15, 0.2) is 30.7 Å². The summed E-state index contributed by atoms with van der Waals surface area (Å²) in [4.78, 5) is 32.4. The number of hydrogen-bond donors (Lipinski definition) is 2. The number of nitrogens with one attached hydrogen (secondary N) is 2. The fourth-order valence-corrected chi connectivity index (χ4v) is 4.56. The van der Waals surface area contributed by atoms with Crippen LogP contribution >= 0.6 is 0 Å². The predicted molar refractivity (Wildman–Crippen MR) is 119 cm³/mol. The van der Waals surface area contributed by atoms with Crippen LogP contribution in [0.2, 0.25) is 0 Å². The Labute approximate surface area is 189 Å². The topological polar surface area (TPSA) is 101 Å². The molecule has 2 N–H and O–H groups in total. The fourth-order valence-electron chi connectivity index (χ4n) is 4.56. The lowest BCUT2D eigenvalue weighted by Gasteiger charge is -2.26. The van der Waals surface area contributed by atoms with Crippen LogP contribution in [0.3, 0.4) is 0 Å². The fraction of sp³-hybridized carbons (Fsp3) is 0.391. The van der Waals surface area contributed by atoms with E-state index in [4.69, 9.17) is 4.74 Å². The quantitative estimate of drug-likeness (QED) is 0.553. The average molecular weight is 452 g/mol. The molecule has 1 fully saturated rings. The summed E-state index contributed by atoms with van der Waals surface area (Å²) < 4.78 is 20.6. The molecule has 0 radical (unpaired) electrons. The third-order valence-corrected chi connectivity index (χ3v) is 6.26. The minimum Gasteiger partial charge on any atom is -0.379 e. The molecule has 33 heavy (non-hydrogen) atoms. The van der Waals surface area contributed by atoms with Gasteiger partial charge in [0.05, 0.1) is 30.0 Å². The first-order chi connectivity index (χ1) is 16.0. The molecule has 9 nitrogen and oxygen atoms in total. The van der Waals surface area contributed by atoms with Crippen molar-refractivity contribution in [3.05, 3.63) is 58.9 Å². The van der Waals surface area contributed by atoms with Crippen LogP contribution < -0.4 is 10.6 Å². The maximum absolute atomic E-state index is 13.6. The number of morpholine rings is 1. The molecule has 2 aliphatic rings. The van der Waals surface area contributed by atoms with Gasteiger partial charge in [0.15, 0.2) is 0 Å². The second-order valence-corrected chi connectivity index (χ2v) is 8.32. The van der Waals surface area contributed by atoms with E-state index in [1.165, 1.54) is 18.5 Å². The number of ether oxygens (including phenoxy) is 1. The Hall–Kier alpha value is -3.37. The van der Waals surface area contributed by atoms with Crippen LogP contribution in [0.5, 0.6) is 0 Å². The Kier molecular flexibility index (Phi) is 5.77. The lowest BCUT2D eigenvalue weighted by molar-refractivity contribution is -0.116. The molecule has 172 valence electrons. The molecule has 1 aromatic carbocycles. The summed E-state index contributed by atoms with van der Waals surface area (Å²) in [6, 6.07) is 4.21. The van der Waals surface area contributed by atoms with Crippen LogP contribution in [0.4, 0.5) is 10.1 Å². The third kappa shape index (κ3) is 4.07. The second kappa shape index (κ2) is 8.87. The van der Waals surface area contributed by atoms with Crippen LogP contribution in [0.25, 0.3) is 5.52 Å². The van der Waals surface area contributed by atoms with Crippen molar-refractivity contribution in [2.24, 2.45) is 0 Å². The highest BCUT2D eigenvalue weighted by Gasteiger charge is 2.35. The smallest absolute Gasteiger partial charge is 0.253 e. The van der Waals surface area contributed by atoms with Crippen molar-refractivity contribution < 1.29 is 18.7 Å². The number of anilines is 1. The number of aromatic nitrogens is 3. The predicted octanol–water partition coefficient (Wildman–Crippen LogP) is 1.71. The maximum Gasteiger partial charge on any atom is 0.253 e. The van der Waals surface area contributed by atoms with Crippen LogP contribution in [0, 0.1) is 12.7 Å². The molecule has 0 saturated carbocycles. The number of aryl methyl sites for hydroxylation is 1. The number of fused-ring (bicyclic) bond motifs is 2. The summed E-state index contributed by atoms with van der Waals surface area (Å²) in [6.07, 6.45) is 3.87. The molecule has 1 unspecified atom stereocenters. The number of benzene rings is 1. The zero-order valence-corrected chi connectivity index (χ0v) is 18.3. The summed E-state index contributed by atoms with van der Waals surface area (Å²) in [5, 5.41) is 9.95. The molecule has 2 aromatic heterocycles. The van der Waals surface area contributed by atoms with E-state index in [-0.39, 0.29) is 11.8 Å². The molecule has 4 heterocycles. The number of nitrogens with zero attached hydrogens (tertiary/aromatic N) is 4. The van der Waals surface area contributed by atoms with Gasteiger partial charge in [-0.2, -0.15) is 5.10 Å². The Morgan fingerprint density at radius 2 is 2.15 bits per heavy atom. The number of hydrogen-bond acceptors (Lipinski definition) is 6. The molecule has 1 saturated heterocycles. The van der Waals surface area contributed by atoms with E-state index >= 15 is 0 Å². The number of carbonyl (C=O) groups is 2. The van der Waals surface area contributed by atoms with Crippen molar-refractivity contribution in [1.82, 2.24) is 24.8 Å². The minimum absolute atomic E-state index is 0.190. The SMILES string of the molecule is Cc1c(C(=O)NCCCN2CCOCC2)cn2ncnc(C3C(=O)Nc4cc(F)ccc43)c12. The number of rotatable bonds is 6. The second-order valence-electron chi connectivity index (χ2n) is 8.32. The molecular formula is C23H25FN6O3. The Bertz CT molecular complexity index is 1220. The summed E-state index contributed by atoms with van der Waals surface area (Å²) in [7, 11) is 0. The van der Waals surface area contributed by atoms with Gasteiger partial charge in [-0.15, -0.1) is 0 Å². The number of halogens is 1. The normalized spacial score (nSPS) is 18.4. The molecule has 1 atom stereocenters. The van der Waals surface area contributed by atoms with Crippen LogP contribution in [-0.4, -0.2) is 70.7 Å². The highest BCUT2D eigenvalue weighted by atomic mass is 19.1. The molecule has 3 aromatic rings. The van der Waals surface area contributed by atoms with E-state index < -0.39 is 11.7 Å². The van der Waals surface area contributed by atoms with Crippen molar-refractivity contribution in [1.29, 1.82) is 0 Å². The van der Waals surface area contributed by atoms with E-state index in [0.717, 1.165) is 39.3 Å². The van der Waals surface area contributed by atoms with Gasteiger partial charge >= 0.3 is 0 Å². The van der Waals surface area contributed by atoms with Gasteiger partial charge in [0.2, 0.25) is 5.91 Å². The molecule has 0 bridgehead atoms. The van der Waals surface area contributed by atoms with Crippen molar-refractivity contribution in [3.8, 4) is 0 Å². The van der Waals surface area contributed by atoms with E-state index in [9.17, 15) is 14.0 Å². The van der Waals surface area contributed by atoms with E-state index in [2.05, 4.69) is 25.6 Å². The van der Waals surface area contributed by atoms with Crippen molar-refractivity contribution in [3.63, 3.8) is 0 Å². The average Bonchev–Trinajstić information content (AvgIpc) is 3.33. The molecule has 2 amide bonds. The zero-order valence-electron chi connectivity index (χ0n) is 18.3. The highest BCUT2D eigenvalue weighted by molar-refractivity contribution is 6.06. The van der Waals surface area contributed by atoms with Crippen LogP contribution in [0.1, 0.15) is 39.5 Å². The standard InChI is InChI=1S/C23H25FN6O3/c1-14-17(22(31)25-5-2-6-29-7-9-33-10-8-29)12-30-21(14)20(26-13-27-30)19-16-4-3-15(24)11-18(16)28-23(19)32/h3-4,11-13,19H,2,5-10H2,1H3,(H,25,31)(H,28,32). The van der Waals surface area contributed by atoms with Gasteiger partial charge in [-0.3, -0.25) is 14.5 Å². The summed E-state index contributed by atoms with van der Waals surface area (Å²) >= 11 is 0. The molecule has 0 spiro atoms. The minimum atomic E-state index is -0.705. The van der Waals surface area contributed by atoms with Crippen LogP contribution in [-0.2, 0) is 9.53 Å². The lowest BCUT2D eigenvalue weighted by Crippen LogP contribution is -2.38. The summed E-state index contributed by atoms with van der Waals surface area (Å²) in [5.74, 6) is -1.60. The molecule has 2 aliphatic heterocycles. The molecule has 10 heteroatoms. The summed E-state index contributed by atoms with van der Waals surface area (Å²) in [5.41, 5.74) is 3.35. The molecule has 0 aliphatic carbocycles.